The molecule has 3 nitrogen and oxygen atoms in total. The summed E-state index contributed by atoms with van der Waals surface area (Å²) in [7, 11) is -2.91. The molecule has 1 aliphatic carbocycles. The zero-order valence-corrected chi connectivity index (χ0v) is 13.4. The average molecular weight is 295 g/mol. The second kappa shape index (κ2) is 6.27. The van der Waals surface area contributed by atoms with Gasteiger partial charge in [0.2, 0.25) is 0 Å². The van der Waals surface area contributed by atoms with Gasteiger partial charge in [0, 0.05) is 18.3 Å². The minimum Gasteiger partial charge on any atom is -0.307 e. The average Bonchev–Trinajstić information content (AvgIpc) is 2.38. The first-order valence-electron chi connectivity index (χ1n) is 7.38. The molecule has 1 saturated carbocycles. The normalized spacial score (nSPS) is 25.4. The summed E-state index contributed by atoms with van der Waals surface area (Å²) in [4.78, 5) is 0. The van der Waals surface area contributed by atoms with Gasteiger partial charge in [-0.3, -0.25) is 0 Å². The predicted molar refractivity (Wildman–Crippen MR) is 83.6 cm³/mol. The van der Waals surface area contributed by atoms with Gasteiger partial charge in [-0.25, -0.2) is 8.42 Å². The van der Waals surface area contributed by atoms with E-state index in [9.17, 15) is 8.42 Å². The molecule has 1 aromatic rings. The molecule has 1 aromatic carbocycles. The van der Waals surface area contributed by atoms with Gasteiger partial charge in [-0.05, 0) is 44.2 Å². The SMILES string of the molecule is Cc1ccccc1C(C)NC1CCCC(S(C)(=O)=O)C1. The van der Waals surface area contributed by atoms with Gasteiger partial charge in [-0.2, -0.15) is 0 Å². The Morgan fingerprint density at radius 1 is 1.25 bits per heavy atom. The van der Waals surface area contributed by atoms with E-state index in [4.69, 9.17) is 0 Å². The number of aryl methyl sites for hydroxylation is 1. The van der Waals surface area contributed by atoms with Crippen LogP contribution in [0.4, 0.5) is 0 Å². The van der Waals surface area contributed by atoms with Gasteiger partial charge in [-0.15, -0.1) is 0 Å². The Labute approximate surface area is 122 Å². The summed E-state index contributed by atoms with van der Waals surface area (Å²) in [6, 6.07) is 8.93. The molecule has 0 spiro atoms. The monoisotopic (exact) mass is 295 g/mol. The van der Waals surface area contributed by atoms with E-state index < -0.39 is 9.84 Å². The van der Waals surface area contributed by atoms with Crippen molar-refractivity contribution in [2.75, 3.05) is 6.26 Å². The van der Waals surface area contributed by atoms with Crippen molar-refractivity contribution in [2.45, 2.75) is 56.9 Å². The van der Waals surface area contributed by atoms with E-state index in [2.05, 4.69) is 37.4 Å². The third-order valence-corrected chi connectivity index (χ3v) is 6.01. The van der Waals surface area contributed by atoms with Crippen LogP contribution in [0.3, 0.4) is 0 Å². The van der Waals surface area contributed by atoms with Crippen molar-refractivity contribution in [3.05, 3.63) is 35.4 Å². The van der Waals surface area contributed by atoms with E-state index in [1.165, 1.54) is 17.4 Å². The van der Waals surface area contributed by atoms with E-state index in [1.807, 2.05) is 6.07 Å². The Hall–Kier alpha value is -0.870. The standard InChI is InChI=1S/C16H25NO2S/c1-12-7-4-5-10-16(12)13(2)17-14-8-6-9-15(11-14)20(3,18)19/h4-5,7,10,13-15,17H,6,8-9,11H2,1-3H3. The van der Waals surface area contributed by atoms with Crippen molar-refractivity contribution in [1.82, 2.24) is 5.32 Å². The predicted octanol–water partition coefficient (Wildman–Crippen LogP) is 3.00. The number of hydrogen-bond acceptors (Lipinski definition) is 3. The maximum absolute atomic E-state index is 11.7. The Bertz CT molecular complexity index is 553. The zero-order valence-electron chi connectivity index (χ0n) is 12.6. The number of hydrogen-bond donors (Lipinski definition) is 1. The molecule has 4 heteroatoms. The molecular formula is C16H25NO2S. The largest absolute Gasteiger partial charge is 0.307 e. The minimum atomic E-state index is -2.91. The van der Waals surface area contributed by atoms with Crippen LogP contribution in [0.1, 0.15) is 49.8 Å². The molecule has 3 unspecified atom stereocenters. The van der Waals surface area contributed by atoms with E-state index in [-0.39, 0.29) is 11.3 Å². The minimum absolute atomic E-state index is 0.169. The quantitative estimate of drug-likeness (QED) is 0.929. The van der Waals surface area contributed by atoms with Gasteiger partial charge < -0.3 is 5.32 Å². The van der Waals surface area contributed by atoms with Gasteiger partial charge in [0.25, 0.3) is 0 Å². The van der Waals surface area contributed by atoms with Gasteiger partial charge in [-0.1, -0.05) is 30.7 Å². The molecule has 1 N–H and O–H groups in total. The van der Waals surface area contributed by atoms with E-state index in [0.717, 1.165) is 25.7 Å². The molecule has 0 bridgehead atoms. The molecule has 0 amide bonds. The third-order valence-electron chi connectivity index (χ3n) is 4.37. The molecule has 0 aromatic heterocycles. The summed E-state index contributed by atoms with van der Waals surface area (Å²) >= 11 is 0. The summed E-state index contributed by atoms with van der Waals surface area (Å²) < 4.78 is 23.4. The van der Waals surface area contributed by atoms with Gasteiger partial charge in [0.05, 0.1) is 5.25 Å². The molecule has 1 aliphatic rings. The molecule has 2 rings (SSSR count). The van der Waals surface area contributed by atoms with Crippen LogP contribution >= 0.6 is 0 Å². The summed E-state index contributed by atoms with van der Waals surface area (Å²) in [5.41, 5.74) is 2.58. The van der Waals surface area contributed by atoms with Crippen molar-refractivity contribution in [3.8, 4) is 0 Å². The van der Waals surface area contributed by atoms with E-state index in [1.54, 1.807) is 0 Å². The maximum atomic E-state index is 11.7. The van der Waals surface area contributed by atoms with Crippen LogP contribution in [-0.4, -0.2) is 26.0 Å². The lowest BCUT2D eigenvalue weighted by Gasteiger charge is -2.31. The number of rotatable bonds is 4. The Balaban J connectivity index is 2.01. The summed E-state index contributed by atoms with van der Waals surface area (Å²) in [5, 5.41) is 3.44. The highest BCUT2D eigenvalue weighted by atomic mass is 32.2. The summed E-state index contributed by atoms with van der Waals surface area (Å²) in [6.07, 6.45) is 4.99. The Morgan fingerprint density at radius 3 is 2.60 bits per heavy atom. The van der Waals surface area contributed by atoms with Crippen LogP contribution in [0.5, 0.6) is 0 Å². The lowest BCUT2D eigenvalue weighted by molar-refractivity contribution is 0.346. The van der Waals surface area contributed by atoms with Crippen LogP contribution in [0.15, 0.2) is 24.3 Å². The van der Waals surface area contributed by atoms with Crippen molar-refractivity contribution in [3.63, 3.8) is 0 Å². The first-order chi connectivity index (χ1) is 9.38. The lowest BCUT2D eigenvalue weighted by Crippen LogP contribution is -2.40. The highest BCUT2D eigenvalue weighted by Gasteiger charge is 2.29. The van der Waals surface area contributed by atoms with Gasteiger partial charge >= 0.3 is 0 Å². The van der Waals surface area contributed by atoms with E-state index in [0.29, 0.717) is 6.04 Å². The van der Waals surface area contributed by atoms with Crippen LogP contribution in [-0.2, 0) is 9.84 Å². The second-order valence-corrected chi connectivity index (χ2v) is 8.39. The fourth-order valence-electron chi connectivity index (χ4n) is 3.20. The Kier molecular flexibility index (Phi) is 4.86. The fourth-order valence-corrected chi connectivity index (χ4v) is 4.38. The van der Waals surface area contributed by atoms with Gasteiger partial charge in [0.1, 0.15) is 9.84 Å². The fraction of sp³-hybridized carbons (Fsp3) is 0.625. The Morgan fingerprint density at radius 2 is 1.95 bits per heavy atom. The summed E-state index contributed by atoms with van der Waals surface area (Å²) in [6.45, 7) is 4.28. The number of benzene rings is 1. The first kappa shape index (κ1) is 15.5. The van der Waals surface area contributed by atoms with Crippen LogP contribution in [0, 0.1) is 6.92 Å². The van der Waals surface area contributed by atoms with Crippen LogP contribution < -0.4 is 5.32 Å². The second-order valence-electron chi connectivity index (χ2n) is 6.06. The van der Waals surface area contributed by atoms with Crippen LogP contribution in [0.25, 0.3) is 0 Å². The maximum Gasteiger partial charge on any atom is 0.150 e. The van der Waals surface area contributed by atoms with Crippen molar-refractivity contribution in [1.29, 1.82) is 0 Å². The zero-order chi connectivity index (χ0) is 14.8. The molecule has 20 heavy (non-hydrogen) atoms. The highest BCUT2D eigenvalue weighted by Crippen LogP contribution is 2.26. The third kappa shape index (κ3) is 3.83. The highest BCUT2D eigenvalue weighted by molar-refractivity contribution is 7.91. The number of sulfone groups is 1. The smallest absolute Gasteiger partial charge is 0.150 e. The summed E-state index contributed by atoms with van der Waals surface area (Å²) in [5.74, 6) is 0. The van der Waals surface area contributed by atoms with E-state index >= 15 is 0 Å². The van der Waals surface area contributed by atoms with Crippen molar-refractivity contribution < 1.29 is 8.42 Å². The number of nitrogens with one attached hydrogen (secondary N) is 1. The molecule has 1 fully saturated rings. The molecule has 0 heterocycles. The topological polar surface area (TPSA) is 46.2 Å². The molecule has 112 valence electrons. The lowest BCUT2D eigenvalue weighted by atomic mass is 9.93. The van der Waals surface area contributed by atoms with Crippen molar-refractivity contribution >= 4 is 9.84 Å². The van der Waals surface area contributed by atoms with Gasteiger partial charge in [0.15, 0.2) is 0 Å². The van der Waals surface area contributed by atoms with Crippen LogP contribution in [0.2, 0.25) is 0 Å². The first-order valence-corrected chi connectivity index (χ1v) is 9.34. The molecule has 0 aliphatic heterocycles. The molecular weight excluding hydrogens is 270 g/mol. The van der Waals surface area contributed by atoms with Crippen molar-refractivity contribution in [2.24, 2.45) is 0 Å². The molecule has 0 saturated heterocycles. The molecule has 3 atom stereocenters. The molecule has 0 radical (unpaired) electrons.